The summed E-state index contributed by atoms with van der Waals surface area (Å²) in [7, 11) is 0. The van der Waals surface area contributed by atoms with E-state index in [1.54, 1.807) is 12.1 Å². The van der Waals surface area contributed by atoms with Crippen molar-refractivity contribution in [3.63, 3.8) is 0 Å². The molecule has 2 fully saturated rings. The van der Waals surface area contributed by atoms with Crippen LogP contribution in [0.15, 0.2) is 54.6 Å². The molecule has 0 bridgehead atoms. The van der Waals surface area contributed by atoms with Crippen LogP contribution in [0.25, 0.3) is 33.3 Å². The molecule has 2 aliphatic carbocycles. The van der Waals surface area contributed by atoms with Crippen molar-refractivity contribution in [3.8, 4) is 28.3 Å². The van der Waals surface area contributed by atoms with Gasteiger partial charge in [0, 0.05) is 6.07 Å². The van der Waals surface area contributed by atoms with Gasteiger partial charge in [-0.15, -0.1) is 0 Å². The van der Waals surface area contributed by atoms with Crippen molar-refractivity contribution in [2.45, 2.75) is 63.4 Å². The van der Waals surface area contributed by atoms with E-state index in [1.807, 2.05) is 36.4 Å². The van der Waals surface area contributed by atoms with E-state index in [2.05, 4.69) is 9.97 Å². The summed E-state index contributed by atoms with van der Waals surface area (Å²) in [4.78, 5) is 18.3. The number of hydrogen-bond acceptors (Lipinski definition) is 5. The van der Waals surface area contributed by atoms with E-state index in [0.29, 0.717) is 50.7 Å². The van der Waals surface area contributed by atoms with Crippen LogP contribution in [0.5, 0.6) is 6.01 Å². The molecule has 208 valence electrons. The minimum absolute atomic E-state index is 0.0103. The summed E-state index contributed by atoms with van der Waals surface area (Å²) in [5.74, 6) is -2.65. The van der Waals surface area contributed by atoms with Crippen molar-refractivity contribution < 1.29 is 33.3 Å². The molecule has 0 atom stereocenters. The zero-order valence-corrected chi connectivity index (χ0v) is 21.8. The van der Waals surface area contributed by atoms with Crippen LogP contribution in [-0.2, 0) is 16.1 Å². The fourth-order valence-electron chi connectivity index (χ4n) is 5.47. The number of imidazole rings is 1. The van der Waals surface area contributed by atoms with Crippen LogP contribution in [0.1, 0.15) is 44.1 Å². The van der Waals surface area contributed by atoms with Gasteiger partial charge in [-0.3, -0.25) is 4.79 Å². The molecule has 40 heavy (non-hydrogen) atoms. The third-order valence-corrected chi connectivity index (χ3v) is 7.97. The summed E-state index contributed by atoms with van der Waals surface area (Å²) in [5, 5.41) is 18.5. The lowest BCUT2D eigenvalue weighted by Crippen LogP contribution is -2.35. The van der Waals surface area contributed by atoms with Crippen molar-refractivity contribution in [1.82, 2.24) is 9.97 Å². The van der Waals surface area contributed by atoms with Gasteiger partial charge in [0.05, 0.1) is 35.8 Å². The summed E-state index contributed by atoms with van der Waals surface area (Å²) in [6, 6.07) is 16.3. The van der Waals surface area contributed by atoms with Gasteiger partial charge in [0.2, 0.25) is 0 Å². The van der Waals surface area contributed by atoms with Gasteiger partial charge >= 0.3 is 5.97 Å². The number of rotatable bonds is 8. The van der Waals surface area contributed by atoms with Gasteiger partial charge in [-0.25, -0.2) is 8.78 Å². The highest BCUT2D eigenvalue weighted by Crippen LogP contribution is 2.34. The quantitative estimate of drug-likeness (QED) is 0.241. The molecule has 3 N–H and O–H groups in total. The summed E-state index contributed by atoms with van der Waals surface area (Å²) >= 11 is 0. The SMILES string of the molecule is O=C(O)C1CCC(Oc2nc3c(F)c(-c4ccc(-c5ccc(COC6CC(O)C6)cc5)cc4)c(F)cc3[nH]2)CC1. The number of aliphatic hydroxyl groups is 1. The first-order valence-corrected chi connectivity index (χ1v) is 13.6. The number of aliphatic carboxylic acids is 1. The standard InChI is InChI=1S/C31H30F2N2O5/c32-25-15-26-29(35-31(34-26)40-23-11-9-21(10-12-23)30(37)38)28(33)27(25)20-7-5-19(6-8-20)18-3-1-17(2-4-18)16-39-24-13-22(36)14-24/h1-8,15,21-24,36H,9-14,16H2,(H,34,35)(H,37,38). The minimum Gasteiger partial charge on any atom is -0.481 e. The molecule has 7 nitrogen and oxygen atoms in total. The van der Waals surface area contributed by atoms with Crippen molar-refractivity contribution in [2.24, 2.45) is 5.92 Å². The Kier molecular flexibility index (Phi) is 7.25. The third kappa shape index (κ3) is 5.44. The van der Waals surface area contributed by atoms with Gasteiger partial charge < -0.3 is 24.7 Å². The lowest BCUT2D eigenvalue weighted by molar-refractivity contribution is -0.143. The number of H-pyrrole nitrogens is 1. The second kappa shape index (κ2) is 11.0. The maximum Gasteiger partial charge on any atom is 0.306 e. The Balaban J connectivity index is 1.15. The fourth-order valence-corrected chi connectivity index (χ4v) is 5.47. The highest BCUT2D eigenvalue weighted by Gasteiger charge is 2.29. The van der Waals surface area contributed by atoms with E-state index >= 15 is 8.78 Å². The number of carboxylic acids is 1. The summed E-state index contributed by atoms with van der Waals surface area (Å²) in [6.07, 6.45) is 3.16. The monoisotopic (exact) mass is 548 g/mol. The van der Waals surface area contributed by atoms with Gasteiger partial charge in [-0.1, -0.05) is 48.5 Å². The largest absolute Gasteiger partial charge is 0.481 e. The Bertz CT molecular complexity index is 1510. The summed E-state index contributed by atoms with van der Waals surface area (Å²) in [5.41, 5.74) is 3.34. The average Bonchev–Trinajstić information content (AvgIpc) is 3.34. The van der Waals surface area contributed by atoms with E-state index in [-0.39, 0.29) is 46.8 Å². The van der Waals surface area contributed by atoms with Gasteiger partial charge in [0.15, 0.2) is 5.82 Å². The van der Waals surface area contributed by atoms with Crippen LogP contribution in [0, 0.1) is 17.6 Å². The number of hydrogen-bond donors (Lipinski definition) is 3. The molecular weight excluding hydrogens is 518 g/mol. The Morgan fingerprint density at radius 3 is 2.17 bits per heavy atom. The van der Waals surface area contributed by atoms with Crippen LogP contribution < -0.4 is 4.74 Å². The van der Waals surface area contributed by atoms with E-state index in [1.165, 1.54) is 6.07 Å². The molecule has 3 aromatic carbocycles. The van der Waals surface area contributed by atoms with Gasteiger partial charge in [-0.05, 0) is 60.8 Å². The lowest BCUT2D eigenvalue weighted by Gasteiger charge is -2.31. The first kappa shape index (κ1) is 26.4. The number of nitrogens with zero attached hydrogens (tertiary/aromatic N) is 1. The van der Waals surface area contributed by atoms with Crippen molar-refractivity contribution in [3.05, 3.63) is 71.8 Å². The minimum atomic E-state index is -0.800. The number of fused-ring (bicyclic) bond motifs is 1. The maximum absolute atomic E-state index is 15.5. The number of nitrogens with one attached hydrogen (secondary N) is 1. The zero-order valence-electron chi connectivity index (χ0n) is 21.8. The van der Waals surface area contributed by atoms with Crippen LogP contribution in [0.4, 0.5) is 8.78 Å². The second-order valence-corrected chi connectivity index (χ2v) is 10.7. The predicted molar refractivity (Wildman–Crippen MR) is 145 cm³/mol. The number of benzene rings is 3. The molecule has 2 saturated carbocycles. The van der Waals surface area contributed by atoms with Gasteiger partial charge in [0.25, 0.3) is 6.01 Å². The molecule has 2 aliphatic rings. The van der Waals surface area contributed by atoms with Crippen LogP contribution >= 0.6 is 0 Å². The van der Waals surface area contributed by atoms with Crippen molar-refractivity contribution >= 4 is 17.0 Å². The zero-order chi connectivity index (χ0) is 27.8. The molecule has 0 spiro atoms. The summed E-state index contributed by atoms with van der Waals surface area (Å²) < 4.78 is 42.3. The number of aromatic nitrogens is 2. The number of ether oxygens (including phenoxy) is 2. The first-order chi connectivity index (χ1) is 19.3. The molecule has 0 radical (unpaired) electrons. The van der Waals surface area contributed by atoms with Gasteiger partial charge in [0.1, 0.15) is 17.4 Å². The normalized spacial score (nSPS) is 22.7. The summed E-state index contributed by atoms with van der Waals surface area (Å²) in [6.45, 7) is 0.490. The second-order valence-electron chi connectivity index (χ2n) is 10.7. The first-order valence-electron chi connectivity index (χ1n) is 13.6. The molecule has 4 aromatic rings. The Hall–Kier alpha value is -3.82. The predicted octanol–water partition coefficient (Wildman–Crippen LogP) is 6.24. The molecule has 1 heterocycles. The highest BCUT2D eigenvalue weighted by atomic mass is 19.1. The Morgan fingerprint density at radius 2 is 1.55 bits per heavy atom. The van der Waals surface area contributed by atoms with E-state index in [4.69, 9.17) is 9.47 Å². The van der Waals surface area contributed by atoms with Crippen molar-refractivity contribution in [2.75, 3.05) is 0 Å². The smallest absolute Gasteiger partial charge is 0.306 e. The van der Waals surface area contributed by atoms with Crippen molar-refractivity contribution in [1.29, 1.82) is 0 Å². The van der Waals surface area contributed by atoms with Gasteiger partial charge in [-0.2, -0.15) is 4.98 Å². The molecule has 0 amide bonds. The molecule has 9 heteroatoms. The number of carboxylic acid groups (broad SMARTS) is 1. The number of aromatic amines is 1. The molecule has 0 aliphatic heterocycles. The lowest BCUT2D eigenvalue weighted by atomic mass is 9.87. The number of carbonyl (C=O) groups is 1. The third-order valence-electron chi connectivity index (χ3n) is 7.97. The number of aliphatic hydroxyl groups excluding tert-OH is 1. The fraction of sp³-hybridized carbons (Fsp3) is 0.355. The Morgan fingerprint density at radius 1 is 0.925 bits per heavy atom. The number of halogens is 2. The highest BCUT2D eigenvalue weighted by molar-refractivity contribution is 5.84. The van der Waals surface area contributed by atoms with Crippen LogP contribution in [0.2, 0.25) is 0 Å². The van der Waals surface area contributed by atoms with E-state index < -0.39 is 17.6 Å². The molecule has 0 unspecified atom stereocenters. The topological polar surface area (TPSA) is 105 Å². The Labute approximate surface area is 229 Å². The van der Waals surface area contributed by atoms with Crippen LogP contribution in [-0.4, -0.2) is 44.5 Å². The molecule has 0 saturated heterocycles. The molecule has 1 aromatic heterocycles. The van der Waals surface area contributed by atoms with E-state index in [0.717, 1.165) is 16.7 Å². The van der Waals surface area contributed by atoms with E-state index in [9.17, 15) is 15.0 Å². The molecular formula is C31H30F2N2O5. The maximum atomic E-state index is 15.5. The van der Waals surface area contributed by atoms with Crippen LogP contribution in [0.3, 0.4) is 0 Å². The average molecular weight is 549 g/mol. The molecule has 6 rings (SSSR count).